The van der Waals surface area contributed by atoms with Crippen molar-refractivity contribution in [2.24, 2.45) is 0 Å². The van der Waals surface area contributed by atoms with Gasteiger partial charge in [-0.2, -0.15) is 26.6 Å². The summed E-state index contributed by atoms with van der Waals surface area (Å²) in [5, 5.41) is 3.33. The summed E-state index contributed by atoms with van der Waals surface area (Å²) < 4.78 is 62.5. The van der Waals surface area contributed by atoms with Gasteiger partial charge in [0.2, 0.25) is 11.4 Å². The normalized spacial score (nSPS) is 12.2. The zero-order valence-electron chi connectivity index (χ0n) is 17.3. The fourth-order valence-corrected chi connectivity index (χ4v) is 3.87. The van der Waals surface area contributed by atoms with Crippen LogP contribution in [0, 0.1) is 0 Å². The molecule has 6 aromatic rings. The second kappa shape index (κ2) is 8.09. The topological polar surface area (TPSA) is 146 Å². The minimum absolute atomic E-state index is 0.1000. The highest BCUT2D eigenvalue weighted by Gasteiger charge is 2.48. The molecule has 0 bridgehead atoms. The van der Waals surface area contributed by atoms with Gasteiger partial charge in [-0.25, -0.2) is 0 Å². The predicted molar refractivity (Wildman–Crippen MR) is 121 cm³/mol. The van der Waals surface area contributed by atoms with Crippen LogP contribution in [0.4, 0.5) is 13.2 Å². The summed E-state index contributed by atoms with van der Waals surface area (Å²) in [5.41, 5.74) is -3.00. The molecule has 3 N–H and O–H groups in total. The van der Waals surface area contributed by atoms with Crippen molar-refractivity contribution in [2.45, 2.75) is 5.51 Å². The Kier molecular flexibility index (Phi) is 5.16. The van der Waals surface area contributed by atoms with Gasteiger partial charge in [0, 0.05) is 58.5 Å². The molecule has 0 amide bonds. The third kappa shape index (κ3) is 4.14. The monoisotopic (exact) mass is 502 g/mol. The van der Waals surface area contributed by atoms with Crippen LogP contribution < -0.4 is 9.74 Å². The van der Waals surface area contributed by atoms with Crippen molar-refractivity contribution < 1.29 is 25.8 Å². The fraction of sp³-hybridized carbons (Fsp3) is 0.0476. The van der Waals surface area contributed by atoms with Crippen molar-refractivity contribution >= 4 is 54.0 Å². The van der Waals surface area contributed by atoms with E-state index in [0.717, 1.165) is 28.0 Å². The van der Waals surface area contributed by atoms with E-state index in [1.807, 2.05) is 6.07 Å². The second-order valence-corrected chi connectivity index (χ2v) is 8.77. The fourth-order valence-electron chi connectivity index (χ4n) is 3.46. The van der Waals surface area contributed by atoms with Crippen LogP contribution >= 0.6 is 0 Å². The zero-order valence-corrected chi connectivity index (χ0v) is 18.1. The molecule has 0 saturated carbocycles. The van der Waals surface area contributed by atoms with Crippen molar-refractivity contribution in [3.8, 4) is 5.88 Å². The highest BCUT2D eigenvalue weighted by atomic mass is 32.2. The van der Waals surface area contributed by atoms with Crippen LogP contribution in [-0.2, 0) is 10.1 Å². The van der Waals surface area contributed by atoms with Crippen molar-refractivity contribution in [3.63, 3.8) is 0 Å². The number of hydrogen-bond donors (Lipinski definition) is 3. The molecule has 10 nitrogen and oxygen atoms in total. The Hall–Kier alpha value is -4.46. The molecule has 14 heteroatoms. The molecule has 0 atom stereocenters. The summed E-state index contributed by atoms with van der Waals surface area (Å²) in [7, 11) is -5.74. The zero-order chi connectivity index (χ0) is 24.8. The number of aromatic nitrogens is 6. The molecular formula is C21H13F3N6O4S. The van der Waals surface area contributed by atoms with Crippen molar-refractivity contribution in [2.75, 3.05) is 0 Å². The molecule has 0 spiro atoms. The third-order valence-electron chi connectivity index (χ3n) is 5.00. The van der Waals surface area contributed by atoms with E-state index >= 15 is 0 Å². The second-order valence-electron chi connectivity index (χ2n) is 7.23. The number of fused-ring (bicyclic) bond motifs is 6. The first-order valence-corrected chi connectivity index (χ1v) is 11.2. The maximum atomic E-state index is 12.2. The van der Waals surface area contributed by atoms with E-state index in [9.17, 15) is 26.4 Å². The van der Waals surface area contributed by atoms with Crippen LogP contribution in [0.3, 0.4) is 0 Å². The van der Waals surface area contributed by atoms with Crippen LogP contribution in [-0.4, -0.2) is 43.8 Å². The lowest BCUT2D eigenvalue weighted by molar-refractivity contribution is -0.0501. The maximum Gasteiger partial charge on any atom is 0.534 e. The average molecular weight is 502 g/mol. The quantitative estimate of drug-likeness (QED) is 0.241. The van der Waals surface area contributed by atoms with Gasteiger partial charge in [-0.15, -0.1) is 0 Å². The number of pyridine rings is 4. The minimum Gasteiger partial charge on any atom is -0.355 e. The summed E-state index contributed by atoms with van der Waals surface area (Å²) in [6.07, 6.45) is 6.59. The van der Waals surface area contributed by atoms with Crippen LogP contribution in [0.25, 0.3) is 43.9 Å². The number of halogens is 3. The van der Waals surface area contributed by atoms with Gasteiger partial charge < -0.3 is 19.1 Å². The number of alkyl halides is 3. The van der Waals surface area contributed by atoms with Crippen LogP contribution in [0.5, 0.6) is 5.88 Å². The molecule has 0 aliphatic heterocycles. The highest BCUT2D eigenvalue weighted by molar-refractivity contribution is 7.87. The van der Waals surface area contributed by atoms with Crippen molar-refractivity contribution in [1.82, 2.24) is 29.9 Å². The Bertz CT molecular complexity index is 1880. The van der Waals surface area contributed by atoms with Gasteiger partial charge in [-0.1, -0.05) is 0 Å². The van der Waals surface area contributed by atoms with Crippen LogP contribution in [0.15, 0.2) is 66.0 Å². The molecule has 0 fully saturated rings. The SMILES string of the molecule is O=S(=O)(Oc1ccc2c(n1)[nH]c1ccncc12)C(F)(F)F.O=c1ccc2c([nH]1)[nH]c1ccncc12. The molecule has 0 aliphatic rings. The first-order chi connectivity index (χ1) is 16.6. The predicted octanol–water partition coefficient (Wildman–Crippen LogP) is 3.74. The average Bonchev–Trinajstić information content (AvgIpc) is 3.35. The van der Waals surface area contributed by atoms with E-state index < -0.39 is 21.5 Å². The lowest BCUT2D eigenvalue weighted by atomic mass is 10.2. The lowest BCUT2D eigenvalue weighted by Crippen LogP contribution is -2.28. The standard InChI is InChI=1S/C11H6F3N3O3S.C10H7N3O/c12-11(13,14)21(18,19)20-9-2-1-6-7-5-15-4-3-8(7)16-10(6)17-9;14-9-2-1-6-7-5-11-4-3-8(7)12-10(6)13-9/h1-5H,(H,16,17);1-5H,(H2,12,13,14). The number of nitrogens with zero attached hydrogens (tertiary/aromatic N) is 3. The molecular weight excluding hydrogens is 489 g/mol. The lowest BCUT2D eigenvalue weighted by Gasteiger charge is -2.08. The van der Waals surface area contributed by atoms with Gasteiger partial charge in [-0.3, -0.25) is 14.8 Å². The summed E-state index contributed by atoms with van der Waals surface area (Å²) in [6.45, 7) is 0. The van der Waals surface area contributed by atoms with E-state index in [2.05, 4.69) is 34.1 Å². The maximum absolute atomic E-state index is 12.2. The minimum atomic E-state index is -5.74. The van der Waals surface area contributed by atoms with Crippen molar-refractivity contribution in [3.05, 3.63) is 71.5 Å². The highest BCUT2D eigenvalue weighted by Crippen LogP contribution is 2.29. The molecule has 0 aliphatic carbocycles. The van der Waals surface area contributed by atoms with E-state index in [0.29, 0.717) is 16.3 Å². The Labute approximate surface area is 192 Å². The van der Waals surface area contributed by atoms with Crippen LogP contribution in [0.2, 0.25) is 0 Å². The number of hydrogen-bond acceptors (Lipinski definition) is 7. The van der Waals surface area contributed by atoms with E-state index in [1.165, 1.54) is 18.3 Å². The Morgan fingerprint density at radius 1 is 0.771 bits per heavy atom. The summed E-state index contributed by atoms with van der Waals surface area (Å²) in [6, 6.07) is 9.31. The number of rotatable bonds is 2. The van der Waals surface area contributed by atoms with Gasteiger partial charge in [0.1, 0.15) is 11.3 Å². The van der Waals surface area contributed by atoms with E-state index in [1.54, 1.807) is 30.7 Å². The molecule has 0 saturated heterocycles. The Morgan fingerprint density at radius 2 is 1.40 bits per heavy atom. The number of aromatic amines is 3. The molecule has 0 unspecified atom stereocenters. The summed E-state index contributed by atoms with van der Waals surface area (Å²) in [4.78, 5) is 31.5. The first-order valence-electron chi connectivity index (χ1n) is 9.80. The summed E-state index contributed by atoms with van der Waals surface area (Å²) >= 11 is 0. The molecule has 178 valence electrons. The number of nitrogens with one attached hydrogen (secondary N) is 3. The molecule has 0 aromatic carbocycles. The third-order valence-corrected chi connectivity index (χ3v) is 5.96. The van der Waals surface area contributed by atoms with Gasteiger partial charge >= 0.3 is 15.6 Å². The number of H-pyrrole nitrogens is 3. The molecule has 0 radical (unpaired) electrons. The first kappa shape index (κ1) is 22.3. The molecule has 6 rings (SSSR count). The van der Waals surface area contributed by atoms with E-state index in [-0.39, 0.29) is 11.2 Å². The smallest absolute Gasteiger partial charge is 0.355 e. The molecule has 35 heavy (non-hydrogen) atoms. The summed E-state index contributed by atoms with van der Waals surface area (Å²) in [5.74, 6) is -0.667. The van der Waals surface area contributed by atoms with Gasteiger partial charge in [0.15, 0.2) is 0 Å². The van der Waals surface area contributed by atoms with Gasteiger partial charge in [-0.05, 0) is 24.3 Å². The van der Waals surface area contributed by atoms with Crippen LogP contribution in [0.1, 0.15) is 0 Å². The van der Waals surface area contributed by atoms with Crippen molar-refractivity contribution in [1.29, 1.82) is 0 Å². The van der Waals surface area contributed by atoms with E-state index in [4.69, 9.17) is 0 Å². The molecule has 6 heterocycles. The van der Waals surface area contributed by atoms with Gasteiger partial charge in [0.05, 0.1) is 11.0 Å². The Balaban J connectivity index is 0.000000156. The largest absolute Gasteiger partial charge is 0.534 e. The molecule has 6 aromatic heterocycles. The Morgan fingerprint density at radius 3 is 2.09 bits per heavy atom. The van der Waals surface area contributed by atoms with Gasteiger partial charge in [0.25, 0.3) is 0 Å².